The van der Waals surface area contributed by atoms with Gasteiger partial charge in [-0.25, -0.2) is 9.37 Å². The Morgan fingerprint density at radius 3 is 2.57 bits per heavy atom. The summed E-state index contributed by atoms with van der Waals surface area (Å²) in [6.45, 7) is 1.50. The van der Waals surface area contributed by atoms with Crippen LogP contribution in [0.25, 0.3) is 10.2 Å². The smallest absolute Gasteiger partial charge is 0.271 e. The first kappa shape index (κ1) is 18.1. The first-order valence-corrected chi connectivity index (χ1v) is 9.56. The molecule has 4 nitrogen and oxygen atoms in total. The standard InChI is InChI=1S/C22H17FN2O2S/c1-15-11-12-16(13-18(15)23)25(21(26)14-27-17-7-3-2-4-8-17)22-24-19-9-5-6-10-20(19)28-22/h2-13H,14H2,1H3. The van der Waals surface area contributed by atoms with Crippen molar-refractivity contribution in [3.05, 3.63) is 84.2 Å². The number of thiazole rings is 1. The molecule has 4 rings (SSSR count). The fraction of sp³-hybridized carbons (Fsp3) is 0.0909. The maximum atomic E-state index is 14.2. The average molecular weight is 392 g/mol. The lowest BCUT2D eigenvalue weighted by Crippen LogP contribution is -2.31. The lowest BCUT2D eigenvalue weighted by Gasteiger charge is -2.20. The zero-order chi connectivity index (χ0) is 19.5. The van der Waals surface area contributed by atoms with Gasteiger partial charge in [-0.3, -0.25) is 9.69 Å². The number of fused-ring (bicyclic) bond motifs is 1. The van der Waals surface area contributed by atoms with Crippen LogP contribution in [0.5, 0.6) is 5.75 Å². The number of rotatable bonds is 5. The molecule has 4 aromatic rings. The van der Waals surface area contributed by atoms with Crippen molar-refractivity contribution in [2.45, 2.75) is 6.92 Å². The van der Waals surface area contributed by atoms with E-state index in [4.69, 9.17) is 4.74 Å². The van der Waals surface area contributed by atoms with E-state index in [1.807, 2.05) is 42.5 Å². The quantitative estimate of drug-likeness (QED) is 0.451. The highest BCUT2D eigenvalue weighted by Crippen LogP contribution is 2.34. The van der Waals surface area contributed by atoms with Gasteiger partial charge in [0.1, 0.15) is 11.6 Å². The number of anilines is 2. The van der Waals surface area contributed by atoms with Gasteiger partial charge < -0.3 is 4.74 Å². The van der Waals surface area contributed by atoms with Crippen LogP contribution < -0.4 is 9.64 Å². The molecule has 6 heteroatoms. The second-order valence-electron chi connectivity index (χ2n) is 6.23. The van der Waals surface area contributed by atoms with Crippen molar-refractivity contribution < 1.29 is 13.9 Å². The Hall–Kier alpha value is -3.25. The van der Waals surface area contributed by atoms with Crippen LogP contribution in [0.2, 0.25) is 0 Å². The molecule has 0 saturated carbocycles. The minimum atomic E-state index is -0.375. The summed E-state index contributed by atoms with van der Waals surface area (Å²) in [6.07, 6.45) is 0. The van der Waals surface area contributed by atoms with Gasteiger partial charge in [-0.15, -0.1) is 0 Å². The Labute approximate surface area is 165 Å². The van der Waals surface area contributed by atoms with Gasteiger partial charge in [-0.1, -0.05) is 47.7 Å². The van der Waals surface area contributed by atoms with Gasteiger partial charge in [0.15, 0.2) is 11.7 Å². The number of halogens is 1. The zero-order valence-electron chi connectivity index (χ0n) is 15.1. The summed E-state index contributed by atoms with van der Waals surface area (Å²) in [6, 6.07) is 21.4. The fourth-order valence-corrected chi connectivity index (χ4v) is 3.77. The Morgan fingerprint density at radius 2 is 1.82 bits per heavy atom. The number of aromatic nitrogens is 1. The lowest BCUT2D eigenvalue weighted by atomic mass is 10.2. The van der Waals surface area contributed by atoms with Gasteiger partial charge in [-0.2, -0.15) is 0 Å². The molecule has 0 spiro atoms. The van der Waals surface area contributed by atoms with E-state index >= 15 is 0 Å². The molecule has 0 radical (unpaired) electrons. The van der Waals surface area contributed by atoms with Gasteiger partial charge in [0, 0.05) is 0 Å². The van der Waals surface area contributed by atoms with Crippen molar-refractivity contribution in [3.63, 3.8) is 0 Å². The van der Waals surface area contributed by atoms with E-state index in [-0.39, 0.29) is 18.3 Å². The summed E-state index contributed by atoms with van der Waals surface area (Å²) in [5.41, 5.74) is 1.72. The Morgan fingerprint density at radius 1 is 1.07 bits per heavy atom. The number of nitrogens with zero attached hydrogens (tertiary/aromatic N) is 2. The highest BCUT2D eigenvalue weighted by molar-refractivity contribution is 7.22. The van der Waals surface area contributed by atoms with Gasteiger partial charge in [0.25, 0.3) is 5.91 Å². The maximum Gasteiger partial charge on any atom is 0.271 e. The zero-order valence-corrected chi connectivity index (χ0v) is 15.9. The Balaban J connectivity index is 1.70. The predicted octanol–water partition coefficient (Wildman–Crippen LogP) is 5.49. The summed E-state index contributed by atoms with van der Waals surface area (Å²) >= 11 is 1.38. The molecule has 1 heterocycles. The average Bonchev–Trinajstić information content (AvgIpc) is 3.13. The van der Waals surface area contributed by atoms with Crippen LogP contribution in [0.1, 0.15) is 5.56 Å². The molecule has 140 valence electrons. The van der Waals surface area contributed by atoms with Crippen molar-refractivity contribution in [2.24, 2.45) is 0 Å². The van der Waals surface area contributed by atoms with Gasteiger partial charge in [-0.05, 0) is 48.9 Å². The maximum absolute atomic E-state index is 14.2. The SMILES string of the molecule is Cc1ccc(N(C(=O)COc2ccccc2)c2nc3ccccc3s2)cc1F. The van der Waals surface area contributed by atoms with Crippen molar-refractivity contribution in [3.8, 4) is 5.75 Å². The summed E-state index contributed by atoms with van der Waals surface area (Å²) in [4.78, 5) is 19.0. The first-order chi connectivity index (χ1) is 13.6. The second-order valence-corrected chi connectivity index (χ2v) is 7.24. The number of benzene rings is 3. The minimum absolute atomic E-state index is 0.185. The molecule has 1 aromatic heterocycles. The first-order valence-electron chi connectivity index (χ1n) is 8.74. The van der Waals surface area contributed by atoms with Crippen LogP contribution in [-0.4, -0.2) is 17.5 Å². The number of hydrogen-bond acceptors (Lipinski definition) is 4. The van der Waals surface area contributed by atoms with Crippen LogP contribution >= 0.6 is 11.3 Å². The Kier molecular flexibility index (Phi) is 5.04. The van der Waals surface area contributed by atoms with Gasteiger partial charge >= 0.3 is 0 Å². The van der Waals surface area contributed by atoms with Crippen molar-refractivity contribution in [1.82, 2.24) is 4.98 Å². The van der Waals surface area contributed by atoms with E-state index in [9.17, 15) is 9.18 Å². The Bertz CT molecular complexity index is 1090. The number of amides is 1. The summed E-state index contributed by atoms with van der Waals surface area (Å²) in [5.74, 6) is -0.110. The fourth-order valence-electron chi connectivity index (χ4n) is 2.76. The summed E-state index contributed by atoms with van der Waals surface area (Å²) in [5, 5.41) is 0.478. The molecule has 0 aliphatic carbocycles. The number of aryl methyl sites for hydroxylation is 1. The number of carbonyl (C=O) groups excluding carboxylic acids is 1. The van der Waals surface area contributed by atoms with Crippen LogP contribution in [0.3, 0.4) is 0 Å². The largest absolute Gasteiger partial charge is 0.484 e. The lowest BCUT2D eigenvalue weighted by molar-refractivity contribution is -0.119. The van der Waals surface area contributed by atoms with Gasteiger partial charge in [0.2, 0.25) is 0 Å². The molecule has 0 aliphatic heterocycles. The molecule has 3 aromatic carbocycles. The third kappa shape index (κ3) is 3.73. The molecule has 0 aliphatic rings. The molecule has 1 amide bonds. The van der Waals surface area contributed by atoms with E-state index < -0.39 is 0 Å². The van der Waals surface area contributed by atoms with E-state index in [1.165, 1.54) is 22.3 Å². The number of carbonyl (C=O) groups is 1. The van der Waals surface area contributed by atoms with Gasteiger partial charge in [0.05, 0.1) is 15.9 Å². The molecule has 0 N–H and O–H groups in total. The van der Waals surface area contributed by atoms with Crippen molar-refractivity contribution in [2.75, 3.05) is 11.5 Å². The van der Waals surface area contributed by atoms with Crippen molar-refractivity contribution >= 4 is 38.3 Å². The monoisotopic (exact) mass is 392 g/mol. The van der Waals surface area contributed by atoms with Crippen LogP contribution in [0.4, 0.5) is 15.2 Å². The summed E-state index contributed by atoms with van der Waals surface area (Å²) < 4.78 is 20.8. The van der Waals surface area contributed by atoms with E-state index in [1.54, 1.807) is 31.2 Å². The van der Waals surface area contributed by atoms with Crippen LogP contribution in [0, 0.1) is 12.7 Å². The van der Waals surface area contributed by atoms with Crippen LogP contribution in [-0.2, 0) is 4.79 Å². The third-order valence-electron chi connectivity index (χ3n) is 4.24. The topological polar surface area (TPSA) is 42.4 Å². The summed E-state index contributed by atoms with van der Waals surface area (Å²) in [7, 11) is 0. The molecule has 0 bridgehead atoms. The minimum Gasteiger partial charge on any atom is -0.484 e. The number of ether oxygens (including phenoxy) is 1. The second kappa shape index (κ2) is 7.78. The normalized spacial score (nSPS) is 10.8. The van der Waals surface area contributed by atoms with Crippen LogP contribution in [0.15, 0.2) is 72.8 Å². The van der Waals surface area contributed by atoms with E-state index in [0.29, 0.717) is 22.1 Å². The van der Waals surface area contributed by atoms with E-state index in [0.717, 1.165) is 10.2 Å². The molecule has 0 fully saturated rings. The molecular weight excluding hydrogens is 375 g/mol. The van der Waals surface area contributed by atoms with Crippen molar-refractivity contribution in [1.29, 1.82) is 0 Å². The number of hydrogen-bond donors (Lipinski definition) is 0. The highest BCUT2D eigenvalue weighted by atomic mass is 32.1. The molecule has 0 unspecified atom stereocenters. The predicted molar refractivity (Wildman–Crippen MR) is 110 cm³/mol. The van der Waals surface area contributed by atoms with E-state index in [2.05, 4.69) is 4.98 Å². The molecule has 0 atom stereocenters. The highest BCUT2D eigenvalue weighted by Gasteiger charge is 2.23. The molecule has 28 heavy (non-hydrogen) atoms. The molecule has 0 saturated heterocycles. The number of para-hydroxylation sites is 2. The molecular formula is C22H17FN2O2S. The third-order valence-corrected chi connectivity index (χ3v) is 5.26.